The second-order valence-corrected chi connectivity index (χ2v) is 6.37. The van der Waals surface area contributed by atoms with Crippen molar-refractivity contribution in [3.8, 4) is 0 Å². The van der Waals surface area contributed by atoms with Crippen molar-refractivity contribution >= 4 is 17.7 Å². The van der Waals surface area contributed by atoms with Gasteiger partial charge in [-0.05, 0) is 32.5 Å². The lowest BCUT2D eigenvalue weighted by Crippen LogP contribution is -2.40. The van der Waals surface area contributed by atoms with Crippen LogP contribution >= 0.6 is 11.8 Å². The van der Waals surface area contributed by atoms with Gasteiger partial charge in [0, 0.05) is 36.2 Å². The summed E-state index contributed by atoms with van der Waals surface area (Å²) < 4.78 is 0. The Morgan fingerprint density at radius 2 is 2.00 bits per heavy atom. The van der Waals surface area contributed by atoms with Crippen LogP contribution in [0.15, 0.2) is 29.2 Å². The van der Waals surface area contributed by atoms with E-state index < -0.39 is 0 Å². The fraction of sp³-hybridized carbons (Fsp3) is 0.562. The van der Waals surface area contributed by atoms with Crippen LogP contribution in [0.3, 0.4) is 0 Å². The van der Waals surface area contributed by atoms with Crippen LogP contribution in [0.25, 0.3) is 0 Å². The van der Waals surface area contributed by atoms with Crippen LogP contribution in [-0.4, -0.2) is 54.7 Å². The number of carbonyl (C=O) groups excluding carboxylic acids is 1. The largest absolute Gasteiger partial charge is 0.342 e. The maximum atomic E-state index is 12.1. The molecule has 0 bridgehead atoms. The monoisotopic (exact) mass is 292 g/mol. The van der Waals surface area contributed by atoms with Gasteiger partial charge >= 0.3 is 0 Å². The van der Waals surface area contributed by atoms with Crippen LogP contribution < -0.4 is 0 Å². The molecule has 20 heavy (non-hydrogen) atoms. The quantitative estimate of drug-likeness (QED) is 0.805. The van der Waals surface area contributed by atoms with Crippen LogP contribution in [0.4, 0.5) is 0 Å². The first-order chi connectivity index (χ1) is 9.65. The molecule has 4 heteroatoms. The lowest BCUT2D eigenvalue weighted by Gasteiger charge is -2.25. The number of amides is 1. The first kappa shape index (κ1) is 15.4. The Labute approximate surface area is 126 Å². The summed E-state index contributed by atoms with van der Waals surface area (Å²) in [6.07, 6.45) is 0. The second-order valence-electron chi connectivity index (χ2n) is 5.31. The Morgan fingerprint density at radius 1 is 1.30 bits per heavy atom. The Morgan fingerprint density at radius 3 is 2.70 bits per heavy atom. The summed E-state index contributed by atoms with van der Waals surface area (Å²) in [5.41, 5.74) is 1.44. The number of carbonyl (C=O) groups is 1. The highest BCUT2D eigenvalue weighted by molar-refractivity contribution is 7.99. The molecule has 1 unspecified atom stereocenters. The maximum Gasteiger partial charge on any atom is 0.236 e. The molecule has 1 aliphatic rings. The van der Waals surface area contributed by atoms with E-state index in [1.165, 1.54) is 10.5 Å². The van der Waals surface area contributed by atoms with E-state index in [2.05, 4.69) is 29.2 Å². The van der Waals surface area contributed by atoms with Gasteiger partial charge in [0.15, 0.2) is 0 Å². The molecule has 0 saturated carbocycles. The average molecular weight is 292 g/mol. The van der Waals surface area contributed by atoms with Crippen LogP contribution in [0.2, 0.25) is 0 Å². The molecular weight excluding hydrogens is 268 g/mol. The lowest BCUT2D eigenvalue weighted by atomic mass is 10.0. The Bertz CT molecular complexity index is 460. The first-order valence-electron chi connectivity index (χ1n) is 7.33. The molecule has 1 heterocycles. The third-order valence-corrected chi connectivity index (χ3v) is 5.10. The highest BCUT2D eigenvalue weighted by Gasteiger charge is 2.24. The van der Waals surface area contributed by atoms with Crippen molar-refractivity contribution < 1.29 is 4.79 Å². The van der Waals surface area contributed by atoms with Crippen molar-refractivity contribution in [3.05, 3.63) is 29.8 Å². The molecule has 110 valence electrons. The van der Waals surface area contributed by atoms with Gasteiger partial charge in [-0.1, -0.05) is 18.2 Å². The van der Waals surface area contributed by atoms with Crippen molar-refractivity contribution in [1.29, 1.82) is 0 Å². The predicted molar refractivity (Wildman–Crippen MR) is 85.3 cm³/mol. The zero-order valence-electron chi connectivity index (χ0n) is 12.6. The minimum absolute atomic E-state index is 0.233. The lowest BCUT2D eigenvalue weighted by molar-refractivity contribution is -0.131. The smallest absolute Gasteiger partial charge is 0.236 e. The number of likely N-dealkylation sites (N-methyl/N-ethyl adjacent to an activating group) is 2. The number of benzene rings is 1. The van der Waals surface area contributed by atoms with Crippen molar-refractivity contribution in [2.24, 2.45) is 0 Å². The molecule has 0 radical (unpaired) electrons. The number of fused-ring (bicyclic) bond motifs is 1. The van der Waals surface area contributed by atoms with Crippen LogP contribution in [0, 0.1) is 0 Å². The molecule has 3 nitrogen and oxygen atoms in total. The molecule has 1 aromatic carbocycles. The molecule has 0 fully saturated rings. The molecule has 1 amide bonds. The summed E-state index contributed by atoms with van der Waals surface area (Å²) in [6.45, 7) is 7.13. The zero-order chi connectivity index (χ0) is 14.5. The van der Waals surface area contributed by atoms with Crippen LogP contribution in [0.5, 0.6) is 0 Å². The van der Waals surface area contributed by atoms with Crippen molar-refractivity contribution in [2.75, 3.05) is 39.0 Å². The van der Waals surface area contributed by atoms with E-state index in [1.807, 2.05) is 37.6 Å². The van der Waals surface area contributed by atoms with E-state index >= 15 is 0 Å². The van der Waals surface area contributed by atoms with Gasteiger partial charge in [-0.3, -0.25) is 9.69 Å². The van der Waals surface area contributed by atoms with E-state index in [4.69, 9.17) is 0 Å². The molecule has 0 aliphatic carbocycles. The van der Waals surface area contributed by atoms with Gasteiger partial charge in [-0.15, -0.1) is 11.8 Å². The van der Waals surface area contributed by atoms with Gasteiger partial charge in [0.05, 0.1) is 6.54 Å². The van der Waals surface area contributed by atoms with Gasteiger partial charge in [0.2, 0.25) is 5.91 Å². The van der Waals surface area contributed by atoms with E-state index in [1.54, 1.807) is 0 Å². The fourth-order valence-electron chi connectivity index (χ4n) is 2.73. The number of nitrogens with zero attached hydrogens (tertiary/aromatic N) is 2. The van der Waals surface area contributed by atoms with Crippen LogP contribution in [0.1, 0.15) is 25.3 Å². The number of hydrogen-bond acceptors (Lipinski definition) is 3. The highest BCUT2D eigenvalue weighted by Crippen LogP contribution is 2.39. The summed E-state index contributed by atoms with van der Waals surface area (Å²) >= 11 is 1.93. The molecular formula is C16H24N2OS. The molecule has 1 aromatic rings. The minimum Gasteiger partial charge on any atom is -0.342 e. The number of thioether (sulfide) groups is 1. The second kappa shape index (κ2) is 7.14. The molecule has 0 saturated heterocycles. The Kier molecular flexibility index (Phi) is 5.49. The van der Waals surface area contributed by atoms with E-state index in [0.717, 1.165) is 25.4 Å². The van der Waals surface area contributed by atoms with Gasteiger partial charge < -0.3 is 4.90 Å². The van der Waals surface area contributed by atoms with Gasteiger partial charge in [0.1, 0.15) is 0 Å². The zero-order valence-corrected chi connectivity index (χ0v) is 13.4. The fourth-order valence-corrected chi connectivity index (χ4v) is 3.97. The van der Waals surface area contributed by atoms with Gasteiger partial charge in [-0.2, -0.15) is 0 Å². The van der Waals surface area contributed by atoms with E-state index in [-0.39, 0.29) is 5.91 Å². The Balaban J connectivity index is 1.90. The Hall–Kier alpha value is -1.00. The molecule has 0 aromatic heterocycles. The van der Waals surface area contributed by atoms with Crippen molar-refractivity contribution in [2.45, 2.75) is 24.7 Å². The maximum absolute atomic E-state index is 12.1. The molecule has 2 rings (SSSR count). The van der Waals surface area contributed by atoms with E-state index in [9.17, 15) is 4.79 Å². The van der Waals surface area contributed by atoms with Crippen LogP contribution in [-0.2, 0) is 4.79 Å². The SMILES string of the molecule is CCN(CC)C(=O)CN(C)CC1CSc2ccccc21. The number of rotatable bonds is 6. The summed E-state index contributed by atoms with van der Waals surface area (Å²) in [5.74, 6) is 1.91. The first-order valence-corrected chi connectivity index (χ1v) is 8.32. The van der Waals surface area contributed by atoms with Gasteiger partial charge in [-0.25, -0.2) is 0 Å². The van der Waals surface area contributed by atoms with Gasteiger partial charge in [0.25, 0.3) is 0 Å². The predicted octanol–water partition coefficient (Wildman–Crippen LogP) is 2.68. The minimum atomic E-state index is 0.233. The summed E-state index contributed by atoms with van der Waals surface area (Å²) in [7, 11) is 2.05. The highest BCUT2D eigenvalue weighted by atomic mass is 32.2. The van der Waals surface area contributed by atoms with E-state index in [0.29, 0.717) is 12.5 Å². The van der Waals surface area contributed by atoms with Crippen molar-refractivity contribution in [1.82, 2.24) is 9.80 Å². The number of hydrogen-bond donors (Lipinski definition) is 0. The third-order valence-electron chi connectivity index (χ3n) is 3.85. The molecule has 1 atom stereocenters. The summed E-state index contributed by atoms with van der Waals surface area (Å²) in [4.78, 5) is 17.6. The normalized spacial score (nSPS) is 17.3. The standard InChI is InChI=1S/C16H24N2OS/c1-4-18(5-2)16(19)11-17(3)10-13-12-20-15-9-7-6-8-14(13)15/h6-9,13H,4-5,10-12H2,1-3H3. The summed E-state index contributed by atoms with van der Waals surface area (Å²) in [6, 6.07) is 8.63. The average Bonchev–Trinajstić information content (AvgIpc) is 2.83. The topological polar surface area (TPSA) is 23.6 Å². The van der Waals surface area contributed by atoms with Crippen molar-refractivity contribution in [3.63, 3.8) is 0 Å². The third kappa shape index (κ3) is 3.55. The molecule has 1 aliphatic heterocycles. The molecule has 0 spiro atoms. The summed E-state index contributed by atoms with van der Waals surface area (Å²) in [5, 5.41) is 0. The molecule has 0 N–H and O–H groups in total.